The van der Waals surface area contributed by atoms with Crippen molar-refractivity contribution in [2.75, 3.05) is 12.4 Å². The first-order valence-electron chi connectivity index (χ1n) is 6.77. The first-order chi connectivity index (χ1) is 9.97. The van der Waals surface area contributed by atoms with Crippen LogP contribution in [0.3, 0.4) is 0 Å². The van der Waals surface area contributed by atoms with Gasteiger partial charge in [-0.2, -0.15) is 0 Å². The van der Waals surface area contributed by atoms with Crippen molar-refractivity contribution < 1.29 is 13.6 Å². The van der Waals surface area contributed by atoms with E-state index in [1.807, 2.05) is 24.1 Å². The summed E-state index contributed by atoms with van der Waals surface area (Å²) in [5, 5.41) is 2.72. The van der Waals surface area contributed by atoms with Gasteiger partial charge < -0.3 is 9.73 Å². The van der Waals surface area contributed by atoms with Crippen LogP contribution in [0.25, 0.3) is 0 Å². The van der Waals surface area contributed by atoms with Crippen LogP contribution in [0.5, 0.6) is 0 Å². The molecule has 4 nitrogen and oxygen atoms in total. The average molecular weight is 290 g/mol. The van der Waals surface area contributed by atoms with E-state index in [1.165, 1.54) is 6.07 Å². The Morgan fingerprint density at radius 2 is 2.19 bits per heavy atom. The molecule has 0 unspecified atom stereocenters. The van der Waals surface area contributed by atoms with E-state index in [2.05, 4.69) is 5.32 Å². The molecule has 2 rings (SSSR count). The summed E-state index contributed by atoms with van der Waals surface area (Å²) in [6.45, 7) is 4.01. The van der Waals surface area contributed by atoms with E-state index in [1.54, 1.807) is 32.2 Å². The minimum absolute atomic E-state index is 0.188. The molecule has 1 aromatic carbocycles. The lowest BCUT2D eigenvalue weighted by Gasteiger charge is -2.22. The van der Waals surface area contributed by atoms with Crippen LogP contribution >= 0.6 is 0 Å². The van der Waals surface area contributed by atoms with Gasteiger partial charge in [-0.05, 0) is 50.7 Å². The lowest BCUT2D eigenvalue weighted by atomic mass is 10.2. The van der Waals surface area contributed by atoms with Crippen molar-refractivity contribution in [1.82, 2.24) is 4.90 Å². The zero-order chi connectivity index (χ0) is 15.4. The Kier molecular flexibility index (Phi) is 4.75. The first kappa shape index (κ1) is 15.3. The molecule has 1 amide bonds. The highest BCUT2D eigenvalue weighted by molar-refractivity contribution is 5.94. The van der Waals surface area contributed by atoms with Gasteiger partial charge in [-0.1, -0.05) is 6.07 Å². The van der Waals surface area contributed by atoms with Crippen LogP contribution in [0.4, 0.5) is 10.1 Å². The maximum Gasteiger partial charge on any atom is 0.241 e. The standard InChI is InChI=1S/C16H19FN2O2/c1-11-6-7-13(9-15(11)17)18-16(20)12(2)19(3)10-14-5-4-8-21-14/h4-9,12H,10H2,1-3H3,(H,18,20)/t12-/m0/s1. The molecule has 1 N–H and O–H groups in total. The number of carbonyl (C=O) groups excluding carboxylic acids is 1. The van der Waals surface area contributed by atoms with Crippen molar-refractivity contribution in [1.29, 1.82) is 0 Å². The molecular weight excluding hydrogens is 271 g/mol. The monoisotopic (exact) mass is 290 g/mol. The number of nitrogens with one attached hydrogen (secondary N) is 1. The van der Waals surface area contributed by atoms with E-state index < -0.39 is 0 Å². The number of benzene rings is 1. The van der Waals surface area contributed by atoms with Gasteiger partial charge in [-0.3, -0.25) is 9.69 Å². The lowest BCUT2D eigenvalue weighted by molar-refractivity contribution is -0.120. The SMILES string of the molecule is Cc1ccc(NC(=O)[C@H](C)N(C)Cc2ccco2)cc1F. The van der Waals surface area contributed by atoms with Gasteiger partial charge in [-0.15, -0.1) is 0 Å². The fourth-order valence-electron chi connectivity index (χ4n) is 1.90. The van der Waals surface area contributed by atoms with Crippen LogP contribution in [0.15, 0.2) is 41.0 Å². The molecule has 0 aliphatic rings. The molecule has 0 bridgehead atoms. The number of anilines is 1. The minimum Gasteiger partial charge on any atom is -0.468 e. The zero-order valence-corrected chi connectivity index (χ0v) is 12.4. The van der Waals surface area contributed by atoms with Crippen molar-refractivity contribution in [3.8, 4) is 0 Å². The molecule has 0 saturated heterocycles. The quantitative estimate of drug-likeness (QED) is 0.920. The largest absolute Gasteiger partial charge is 0.468 e. The predicted molar refractivity (Wildman–Crippen MR) is 79.4 cm³/mol. The summed E-state index contributed by atoms with van der Waals surface area (Å²) in [5.41, 5.74) is 1.01. The Labute approximate surface area is 123 Å². The van der Waals surface area contributed by atoms with Crippen molar-refractivity contribution in [2.45, 2.75) is 26.4 Å². The van der Waals surface area contributed by atoms with Crippen LogP contribution in [0.1, 0.15) is 18.2 Å². The third-order valence-electron chi connectivity index (χ3n) is 3.47. The van der Waals surface area contributed by atoms with Crippen LogP contribution in [0, 0.1) is 12.7 Å². The van der Waals surface area contributed by atoms with Crippen LogP contribution in [-0.2, 0) is 11.3 Å². The predicted octanol–water partition coefficient (Wildman–Crippen LogP) is 3.19. The second kappa shape index (κ2) is 6.54. The zero-order valence-electron chi connectivity index (χ0n) is 12.4. The summed E-state index contributed by atoms with van der Waals surface area (Å²) in [5.74, 6) is 0.273. The molecule has 0 aliphatic heterocycles. The fourth-order valence-corrected chi connectivity index (χ4v) is 1.90. The highest BCUT2D eigenvalue weighted by Crippen LogP contribution is 2.15. The first-order valence-corrected chi connectivity index (χ1v) is 6.77. The highest BCUT2D eigenvalue weighted by atomic mass is 19.1. The Hall–Kier alpha value is -2.14. The van der Waals surface area contributed by atoms with Gasteiger partial charge in [0.25, 0.3) is 0 Å². The number of furan rings is 1. The van der Waals surface area contributed by atoms with E-state index in [4.69, 9.17) is 4.42 Å². The van der Waals surface area contributed by atoms with Gasteiger partial charge in [0.2, 0.25) is 5.91 Å². The number of hydrogen-bond acceptors (Lipinski definition) is 3. The van der Waals surface area contributed by atoms with Crippen molar-refractivity contribution >= 4 is 11.6 Å². The second-order valence-electron chi connectivity index (χ2n) is 5.12. The van der Waals surface area contributed by atoms with Crippen LogP contribution in [0.2, 0.25) is 0 Å². The molecule has 0 aliphatic carbocycles. The van der Waals surface area contributed by atoms with Gasteiger partial charge in [0, 0.05) is 5.69 Å². The van der Waals surface area contributed by atoms with Gasteiger partial charge >= 0.3 is 0 Å². The molecule has 0 fully saturated rings. The lowest BCUT2D eigenvalue weighted by Crippen LogP contribution is -2.39. The molecule has 0 radical (unpaired) electrons. The molecule has 0 spiro atoms. The molecule has 0 saturated carbocycles. The molecule has 112 valence electrons. The van der Waals surface area contributed by atoms with Gasteiger partial charge in [0.15, 0.2) is 0 Å². The molecule has 2 aromatic rings. The summed E-state index contributed by atoms with van der Waals surface area (Å²) in [6.07, 6.45) is 1.60. The number of carbonyl (C=O) groups is 1. The fraction of sp³-hybridized carbons (Fsp3) is 0.312. The number of aryl methyl sites for hydroxylation is 1. The molecule has 5 heteroatoms. The van der Waals surface area contributed by atoms with Gasteiger partial charge in [-0.25, -0.2) is 4.39 Å². The molecule has 1 atom stereocenters. The molecular formula is C16H19FN2O2. The Morgan fingerprint density at radius 3 is 2.81 bits per heavy atom. The smallest absolute Gasteiger partial charge is 0.241 e. The van der Waals surface area contributed by atoms with Gasteiger partial charge in [0.1, 0.15) is 11.6 Å². The second-order valence-corrected chi connectivity index (χ2v) is 5.12. The number of amides is 1. The normalized spacial score (nSPS) is 12.4. The van der Waals surface area contributed by atoms with Crippen LogP contribution < -0.4 is 5.32 Å². The van der Waals surface area contributed by atoms with Crippen molar-refractivity contribution in [2.24, 2.45) is 0 Å². The number of halogens is 1. The molecule has 1 aromatic heterocycles. The van der Waals surface area contributed by atoms with Crippen LogP contribution in [-0.4, -0.2) is 23.9 Å². The third kappa shape index (κ3) is 3.92. The summed E-state index contributed by atoms with van der Waals surface area (Å²) in [6, 6.07) is 7.96. The van der Waals surface area contributed by atoms with Gasteiger partial charge in [0.05, 0.1) is 18.8 Å². The van der Waals surface area contributed by atoms with E-state index in [-0.39, 0.29) is 17.8 Å². The Bertz CT molecular complexity index is 611. The third-order valence-corrected chi connectivity index (χ3v) is 3.47. The number of rotatable bonds is 5. The Balaban J connectivity index is 1.96. The summed E-state index contributed by atoms with van der Waals surface area (Å²) < 4.78 is 18.7. The summed E-state index contributed by atoms with van der Waals surface area (Å²) in [4.78, 5) is 14.0. The maximum absolute atomic E-state index is 13.5. The van der Waals surface area contributed by atoms with E-state index in [0.717, 1.165) is 5.76 Å². The van der Waals surface area contributed by atoms with E-state index in [0.29, 0.717) is 17.8 Å². The van der Waals surface area contributed by atoms with Crippen molar-refractivity contribution in [3.05, 3.63) is 53.7 Å². The average Bonchev–Trinajstić information content (AvgIpc) is 2.94. The number of hydrogen-bond donors (Lipinski definition) is 1. The van der Waals surface area contributed by atoms with Crippen molar-refractivity contribution in [3.63, 3.8) is 0 Å². The Morgan fingerprint density at radius 1 is 1.43 bits per heavy atom. The maximum atomic E-state index is 13.5. The summed E-state index contributed by atoms with van der Waals surface area (Å²) in [7, 11) is 1.84. The van der Waals surface area contributed by atoms with E-state index in [9.17, 15) is 9.18 Å². The topological polar surface area (TPSA) is 45.5 Å². The molecule has 21 heavy (non-hydrogen) atoms. The highest BCUT2D eigenvalue weighted by Gasteiger charge is 2.19. The minimum atomic E-state index is -0.362. The number of nitrogens with zero attached hydrogens (tertiary/aromatic N) is 1. The summed E-state index contributed by atoms with van der Waals surface area (Å²) >= 11 is 0. The molecule has 1 heterocycles. The van der Waals surface area contributed by atoms with E-state index >= 15 is 0 Å². The number of likely N-dealkylation sites (N-methyl/N-ethyl adjacent to an activating group) is 1.